The zero-order chi connectivity index (χ0) is 16.7. The summed E-state index contributed by atoms with van der Waals surface area (Å²) < 4.78 is 5.60. The van der Waals surface area contributed by atoms with E-state index in [1.54, 1.807) is 6.07 Å². The average molecular weight is 313 g/mol. The lowest BCUT2D eigenvalue weighted by atomic mass is 10.2. The summed E-state index contributed by atoms with van der Waals surface area (Å²) in [7, 11) is 0. The second-order valence-corrected chi connectivity index (χ2v) is 5.49. The molecule has 0 aliphatic heterocycles. The number of hydrogen-bond donors (Lipinski definition) is 3. The van der Waals surface area contributed by atoms with Crippen LogP contribution in [-0.2, 0) is 0 Å². The maximum atomic E-state index is 11.8. The van der Waals surface area contributed by atoms with E-state index in [0.717, 1.165) is 17.7 Å². The van der Waals surface area contributed by atoms with Crippen molar-refractivity contribution in [2.75, 3.05) is 24.2 Å². The number of carbonyl (C=O) groups excluding carboxylic acids is 1. The summed E-state index contributed by atoms with van der Waals surface area (Å²) in [6, 6.07) is 13.2. The van der Waals surface area contributed by atoms with Gasteiger partial charge in [-0.1, -0.05) is 23.8 Å². The molecule has 5 heteroatoms. The van der Waals surface area contributed by atoms with Crippen molar-refractivity contribution >= 4 is 17.4 Å². The highest BCUT2D eigenvalue weighted by molar-refractivity contribution is 5.92. The first-order chi connectivity index (χ1) is 11.0. The molecule has 0 saturated heterocycles. The van der Waals surface area contributed by atoms with E-state index in [-0.39, 0.29) is 6.03 Å². The lowest BCUT2D eigenvalue weighted by molar-refractivity contribution is 0.250. The van der Waals surface area contributed by atoms with Crippen LogP contribution in [0.5, 0.6) is 5.75 Å². The Morgan fingerprint density at radius 1 is 1.09 bits per heavy atom. The Labute approximate surface area is 136 Å². The molecule has 0 heterocycles. The predicted molar refractivity (Wildman–Crippen MR) is 93.9 cm³/mol. The molecule has 0 unspecified atom stereocenters. The van der Waals surface area contributed by atoms with Crippen molar-refractivity contribution in [2.24, 2.45) is 0 Å². The van der Waals surface area contributed by atoms with E-state index in [4.69, 9.17) is 10.5 Å². The molecule has 0 fully saturated rings. The molecule has 0 atom stereocenters. The number of carbonyl (C=O) groups is 1. The normalized spacial score (nSPS) is 10.2. The molecule has 0 aliphatic carbocycles. The van der Waals surface area contributed by atoms with Crippen LogP contribution in [0.4, 0.5) is 16.2 Å². The van der Waals surface area contributed by atoms with Crippen molar-refractivity contribution in [3.05, 3.63) is 53.6 Å². The van der Waals surface area contributed by atoms with Gasteiger partial charge >= 0.3 is 6.03 Å². The molecule has 4 N–H and O–H groups in total. The number of nitrogens with two attached hydrogens (primary N) is 1. The Hall–Kier alpha value is -2.69. The quantitative estimate of drug-likeness (QED) is 0.564. The number of anilines is 2. The Morgan fingerprint density at radius 3 is 2.52 bits per heavy atom. The van der Waals surface area contributed by atoms with Gasteiger partial charge in [0.15, 0.2) is 0 Å². The molecule has 0 saturated carbocycles. The van der Waals surface area contributed by atoms with Gasteiger partial charge in [0.25, 0.3) is 0 Å². The largest absolute Gasteiger partial charge is 0.494 e. The van der Waals surface area contributed by atoms with Crippen LogP contribution in [0.1, 0.15) is 17.5 Å². The SMILES string of the molecule is Cc1ccc(OCCCNC(=O)Nc2cc(C)ccc2N)cc1. The maximum absolute atomic E-state index is 11.8. The molecule has 23 heavy (non-hydrogen) atoms. The second kappa shape index (κ2) is 8.08. The third kappa shape index (κ3) is 5.54. The van der Waals surface area contributed by atoms with Gasteiger partial charge in [0.1, 0.15) is 5.75 Å². The van der Waals surface area contributed by atoms with Crippen LogP contribution >= 0.6 is 0 Å². The monoisotopic (exact) mass is 313 g/mol. The fraction of sp³-hybridized carbons (Fsp3) is 0.278. The van der Waals surface area contributed by atoms with E-state index in [1.807, 2.05) is 50.2 Å². The molecule has 0 aliphatic rings. The molecule has 2 rings (SSSR count). The highest BCUT2D eigenvalue weighted by atomic mass is 16.5. The maximum Gasteiger partial charge on any atom is 0.319 e. The third-order valence-electron chi connectivity index (χ3n) is 3.35. The van der Waals surface area contributed by atoms with Gasteiger partial charge in [0, 0.05) is 6.54 Å². The first kappa shape index (κ1) is 16.7. The van der Waals surface area contributed by atoms with E-state index < -0.39 is 0 Å². The number of aryl methyl sites for hydroxylation is 2. The number of rotatable bonds is 6. The van der Waals surface area contributed by atoms with Gasteiger partial charge in [0.2, 0.25) is 0 Å². The topological polar surface area (TPSA) is 76.4 Å². The number of ether oxygens (including phenoxy) is 1. The number of urea groups is 1. The van der Waals surface area contributed by atoms with Gasteiger partial charge in [-0.3, -0.25) is 0 Å². The molecule has 2 aromatic carbocycles. The summed E-state index contributed by atoms with van der Waals surface area (Å²) >= 11 is 0. The molecule has 2 amide bonds. The number of nitrogens with one attached hydrogen (secondary N) is 2. The summed E-state index contributed by atoms with van der Waals surface area (Å²) in [5.74, 6) is 0.840. The van der Waals surface area contributed by atoms with Gasteiger partial charge in [0.05, 0.1) is 18.0 Å². The highest BCUT2D eigenvalue weighted by Crippen LogP contribution is 2.19. The summed E-state index contributed by atoms with van der Waals surface area (Å²) in [4.78, 5) is 11.8. The Bertz CT molecular complexity index is 654. The molecular formula is C18H23N3O2. The zero-order valence-electron chi connectivity index (χ0n) is 13.6. The van der Waals surface area contributed by atoms with Crippen molar-refractivity contribution < 1.29 is 9.53 Å². The van der Waals surface area contributed by atoms with Crippen LogP contribution in [0, 0.1) is 13.8 Å². The van der Waals surface area contributed by atoms with E-state index in [0.29, 0.717) is 24.5 Å². The van der Waals surface area contributed by atoms with E-state index in [2.05, 4.69) is 10.6 Å². The minimum atomic E-state index is -0.266. The summed E-state index contributed by atoms with van der Waals surface area (Å²) in [5, 5.41) is 5.54. The van der Waals surface area contributed by atoms with Crippen molar-refractivity contribution in [3.63, 3.8) is 0 Å². The van der Waals surface area contributed by atoms with Crippen molar-refractivity contribution in [1.29, 1.82) is 0 Å². The first-order valence-electron chi connectivity index (χ1n) is 7.65. The number of amides is 2. The van der Waals surface area contributed by atoms with E-state index in [9.17, 15) is 4.79 Å². The van der Waals surface area contributed by atoms with E-state index >= 15 is 0 Å². The Morgan fingerprint density at radius 2 is 1.78 bits per heavy atom. The van der Waals surface area contributed by atoms with Crippen molar-refractivity contribution in [1.82, 2.24) is 5.32 Å². The van der Waals surface area contributed by atoms with Gasteiger partial charge < -0.3 is 21.1 Å². The third-order valence-corrected chi connectivity index (χ3v) is 3.35. The molecule has 0 bridgehead atoms. The van der Waals surface area contributed by atoms with Gasteiger partial charge in [-0.15, -0.1) is 0 Å². The molecule has 2 aromatic rings. The fourth-order valence-corrected chi connectivity index (χ4v) is 2.04. The first-order valence-corrected chi connectivity index (χ1v) is 7.65. The predicted octanol–water partition coefficient (Wildman–Crippen LogP) is 3.48. The Balaban J connectivity index is 1.67. The fourth-order valence-electron chi connectivity index (χ4n) is 2.04. The Kier molecular flexibility index (Phi) is 5.86. The highest BCUT2D eigenvalue weighted by Gasteiger charge is 2.04. The standard InChI is InChI=1S/C18H23N3O2/c1-13-4-7-15(8-5-13)23-11-3-10-20-18(22)21-17-12-14(2)6-9-16(17)19/h4-9,12H,3,10-11,19H2,1-2H3,(H2,20,21,22). The number of hydrogen-bond acceptors (Lipinski definition) is 3. The van der Waals surface area contributed by atoms with Crippen LogP contribution in [-0.4, -0.2) is 19.2 Å². The van der Waals surface area contributed by atoms with Crippen molar-refractivity contribution in [3.8, 4) is 5.75 Å². The van der Waals surface area contributed by atoms with Gasteiger partial charge in [-0.25, -0.2) is 4.79 Å². The van der Waals surface area contributed by atoms with Gasteiger partial charge in [-0.05, 0) is 50.1 Å². The van der Waals surface area contributed by atoms with Gasteiger partial charge in [-0.2, -0.15) is 0 Å². The summed E-state index contributed by atoms with van der Waals surface area (Å²) in [6.45, 7) is 5.07. The zero-order valence-corrected chi connectivity index (χ0v) is 13.6. The summed E-state index contributed by atoms with van der Waals surface area (Å²) in [6.07, 6.45) is 0.727. The molecule has 122 valence electrons. The minimum Gasteiger partial charge on any atom is -0.494 e. The molecule has 0 radical (unpaired) electrons. The lowest BCUT2D eigenvalue weighted by Gasteiger charge is -2.11. The van der Waals surface area contributed by atoms with Crippen LogP contribution in [0.15, 0.2) is 42.5 Å². The molecule has 0 spiro atoms. The van der Waals surface area contributed by atoms with Crippen LogP contribution in [0.3, 0.4) is 0 Å². The molecule has 5 nitrogen and oxygen atoms in total. The van der Waals surface area contributed by atoms with Crippen LogP contribution in [0.2, 0.25) is 0 Å². The second-order valence-electron chi connectivity index (χ2n) is 5.49. The molecular weight excluding hydrogens is 290 g/mol. The van der Waals surface area contributed by atoms with E-state index in [1.165, 1.54) is 5.56 Å². The van der Waals surface area contributed by atoms with Crippen LogP contribution < -0.4 is 21.1 Å². The minimum absolute atomic E-state index is 0.266. The number of benzene rings is 2. The van der Waals surface area contributed by atoms with Crippen molar-refractivity contribution in [2.45, 2.75) is 20.3 Å². The van der Waals surface area contributed by atoms with Crippen LogP contribution in [0.25, 0.3) is 0 Å². The average Bonchev–Trinajstić information content (AvgIpc) is 2.52. The number of nitrogen functional groups attached to an aromatic ring is 1. The lowest BCUT2D eigenvalue weighted by Crippen LogP contribution is -2.30. The molecule has 0 aromatic heterocycles. The summed E-state index contributed by atoms with van der Waals surface area (Å²) in [5.41, 5.74) is 9.24. The smallest absolute Gasteiger partial charge is 0.319 e.